The highest BCUT2D eigenvalue weighted by atomic mass is 35.5. The number of aryl methyl sites for hydroxylation is 1. The van der Waals surface area contributed by atoms with Crippen molar-refractivity contribution in [3.8, 4) is 11.5 Å². The maximum atomic E-state index is 11.9. The molecule has 5 heteroatoms. The van der Waals surface area contributed by atoms with Gasteiger partial charge >= 0.3 is 0 Å². The first kappa shape index (κ1) is 15.2. The minimum atomic E-state index is -0.248. The minimum absolute atomic E-state index is 0.0849. The van der Waals surface area contributed by atoms with Crippen LogP contribution in [0.1, 0.15) is 5.56 Å². The molecule has 0 aromatic heterocycles. The third-order valence-electron chi connectivity index (χ3n) is 2.86. The fourth-order valence-corrected chi connectivity index (χ4v) is 1.93. The first-order valence-corrected chi connectivity index (χ1v) is 6.79. The molecule has 2 rings (SSSR count). The predicted octanol–water partition coefficient (Wildman–Crippen LogP) is 3.67. The molecule has 1 N–H and O–H groups in total. The molecule has 2 aromatic rings. The number of carbonyl (C=O) groups excluding carboxylic acids is 1. The Morgan fingerprint density at radius 2 is 2.05 bits per heavy atom. The number of rotatable bonds is 5. The standard InChI is InChI=1S/C16H16ClNO3/c1-11-6-7-12(17)8-15(11)21-10-16(19)18-13-4-3-5-14(9-13)20-2/h3-9H,10H2,1-2H3,(H,18,19). The fourth-order valence-electron chi connectivity index (χ4n) is 1.77. The van der Waals surface area contributed by atoms with Gasteiger partial charge in [-0.05, 0) is 36.8 Å². The maximum Gasteiger partial charge on any atom is 0.262 e. The lowest BCUT2D eigenvalue weighted by molar-refractivity contribution is -0.118. The molecule has 21 heavy (non-hydrogen) atoms. The van der Waals surface area contributed by atoms with Crippen LogP contribution in [0.25, 0.3) is 0 Å². The molecule has 0 unspecified atom stereocenters. The molecule has 0 fully saturated rings. The van der Waals surface area contributed by atoms with Crippen LogP contribution in [0, 0.1) is 6.92 Å². The van der Waals surface area contributed by atoms with Gasteiger partial charge in [-0.25, -0.2) is 0 Å². The zero-order valence-corrected chi connectivity index (χ0v) is 12.6. The molecular formula is C16H16ClNO3. The van der Waals surface area contributed by atoms with Gasteiger partial charge in [-0.1, -0.05) is 23.7 Å². The lowest BCUT2D eigenvalue weighted by Crippen LogP contribution is -2.20. The number of hydrogen-bond donors (Lipinski definition) is 1. The van der Waals surface area contributed by atoms with Crippen LogP contribution in [-0.2, 0) is 4.79 Å². The van der Waals surface area contributed by atoms with Gasteiger partial charge in [-0.2, -0.15) is 0 Å². The van der Waals surface area contributed by atoms with E-state index < -0.39 is 0 Å². The van der Waals surface area contributed by atoms with Gasteiger partial charge in [-0.3, -0.25) is 4.79 Å². The van der Waals surface area contributed by atoms with E-state index in [9.17, 15) is 4.79 Å². The average Bonchev–Trinajstić information content (AvgIpc) is 2.48. The van der Waals surface area contributed by atoms with Crippen molar-refractivity contribution in [2.45, 2.75) is 6.92 Å². The van der Waals surface area contributed by atoms with E-state index in [0.717, 1.165) is 5.56 Å². The fraction of sp³-hybridized carbons (Fsp3) is 0.188. The van der Waals surface area contributed by atoms with Crippen LogP contribution in [0.15, 0.2) is 42.5 Å². The summed E-state index contributed by atoms with van der Waals surface area (Å²) in [4.78, 5) is 11.9. The molecule has 0 atom stereocenters. The third kappa shape index (κ3) is 4.39. The van der Waals surface area contributed by atoms with Crippen LogP contribution in [0.2, 0.25) is 5.02 Å². The van der Waals surface area contributed by atoms with Gasteiger partial charge in [0.2, 0.25) is 0 Å². The van der Waals surface area contributed by atoms with Crippen LogP contribution >= 0.6 is 11.6 Å². The Bertz CT molecular complexity index is 643. The summed E-state index contributed by atoms with van der Waals surface area (Å²) >= 11 is 5.90. The van der Waals surface area contributed by atoms with Crippen LogP contribution in [0.3, 0.4) is 0 Å². The number of nitrogens with one attached hydrogen (secondary N) is 1. The van der Waals surface area contributed by atoms with E-state index in [-0.39, 0.29) is 12.5 Å². The molecule has 4 nitrogen and oxygen atoms in total. The molecule has 0 radical (unpaired) electrons. The van der Waals surface area contributed by atoms with Crippen LogP contribution in [0.4, 0.5) is 5.69 Å². The summed E-state index contributed by atoms with van der Waals surface area (Å²) < 4.78 is 10.6. The monoisotopic (exact) mass is 305 g/mol. The first-order valence-electron chi connectivity index (χ1n) is 6.41. The largest absolute Gasteiger partial charge is 0.497 e. The number of anilines is 1. The Labute approximate surface area is 128 Å². The average molecular weight is 306 g/mol. The highest BCUT2D eigenvalue weighted by molar-refractivity contribution is 6.30. The van der Waals surface area contributed by atoms with Crippen molar-refractivity contribution in [1.29, 1.82) is 0 Å². The van der Waals surface area contributed by atoms with Crippen LogP contribution in [0.5, 0.6) is 11.5 Å². The van der Waals surface area contributed by atoms with Crippen molar-refractivity contribution in [3.63, 3.8) is 0 Å². The Morgan fingerprint density at radius 1 is 1.24 bits per heavy atom. The number of ether oxygens (including phenoxy) is 2. The Balaban J connectivity index is 1.94. The molecule has 0 aliphatic rings. The minimum Gasteiger partial charge on any atom is -0.497 e. The van der Waals surface area contributed by atoms with Gasteiger partial charge in [0, 0.05) is 16.8 Å². The topological polar surface area (TPSA) is 47.6 Å². The molecule has 0 heterocycles. The zero-order chi connectivity index (χ0) is 15.2. The molecule has 0 aliphatic heterocycles. The van der Waals surface area contributed by atoms with Gasteiger partial charge in [0.05, 0.1) is 7.11 Å². The van der Waals surface area contributed by atoms with Crippen molar-refractivity contribution < 1.29 is 14.3 Å². The highest BCUT2D eigenvalue weighted by Crippen LogP contribution is 2.22. The number of methoxy groups -OCH3 is 1. The molecule has 0 spiro atoms. The molecule has 0 saturated heterocycles. The number of amides is 1. The van der Waals surface area contributed by atoms with E-state index in [4.69, 9.17) is 21.1 Å². The summed E-state index contributed by atoms with van der Waals surface area (Å²) in [6.45, 7) is 1.81. The molecule has 0 saturated carbocycles. The van der Waals surface area contributed by atoms with E-state index >= 15 is 0 Å². The summed E-state index contributed by atoms with van der Waals surface area (Å²) in [5, 5.41) is 3.32. The summed E-state index contributed by atoms with van der Waals surface area (Å²) in [6.07, 6.45) is 0. The lowest BCUT2D eigenvalue weighted by Gasteiger charge is -2.10. The third-order valence-corrected chi connectivity index (χ3v) is 3.10. The normalized spacial score (nSPS) is 10.0. The van der Waals surface area contributed by atoms with Gasteiger partial charge in [0.15, 0.2) is 6.61 Å². The Hall–Kier alpha value is -2.20. The summed E-state index contributed by atoms with van der Waals surface area (Å²) in [7, 11) is 1.58. The predicted molar refractivity (Wildman–Crippen MR) is 83.3 cm³/mol. The smallest absolute Gasteiger partial charge is 0.262 e. The molecule has 110 valence electrons. The Morgan fingerprint density at radius 3 is 2.81 bits per heavy atom. The second-order valence-electron chi connectivity index (χ2n) is 4.48. The first-order chi connectivity index (χ1) is 10.1. The molecule has 0 aliphatic carbocycles. The van der Waals surface area contributed by atoms with Gasteiger partial charge < -0.3 is 14.8 Å². The number of benzene rings is 2. The van der Waals surface area contributed by atoms with E-state index in [2.05, 4.69) is 5.32 Å². The summed E-state index contributed by atoms with van der Waals surface area (Å²) in [5.74, 6) is 1.03. The number of hydrogen-bond acceptors (Lipinski definition) is 3. The molecule has 1 amide bonds. The zero-order valence-electron chi connectivity index (χ0n) is 11.9. The van der Waals surface area contributed by atoms with Crippen LogP contribution in [-0.4, -0.2) is 19.6 Å². The van der Waals surface area contributed by atoms with Gasteiger partial charge in [0.1, 0.15) is 11.5 Å². The summed E-state index contributed by atoms with van der Waals surface area (Å²) in [5.41, 5.74) is 1.58. The SMILES string of the molecule is COc1cccc(NC(=O)COc2cc(Cl)ccc2C)c1. The quantitative estimate of drug-likeness (QED) is 0.916. The van der Waals surface area contributed by atoms with Crippen molar-refractivity contribution in [2.75, 3.05) is 19.0 Å². The van der Waals surface area contributed by atoms with Crippen LogP contribution < -0.4 is 14.8 Å². The number of carbonyl (C=O) groups is 1. The Kier molecular flexibility index (Phi) is 5.06. The molecular weight excluding hydrogens is 290 g/mol. The number of halogens is 1. The van der Waals surface area contributed by atoms with Crippen molar-refractivity contribution >= 4 is 23.2 Å². The molecule has 0 bridgehead atoms. The van der Waals surface area contributed by atoms with E-state index in [1.165, 1.54) is 0 Å². The maximum absolute atomic E-state index is 11.9. The van der Waals surface area contributed by atoms with E-state index in [1.807, 2.05) is 19.1 Å². The van der Waals surface area contributed by atoms with Crippen molar-refractivity contribution in [3.05, 3.63) is 53.1 Å². The molecule has 2 aromatic carbocycles. The van der Waals surface area contributed by atoms with E-state index in [1.54, 1.807) is 37.4 Å². The lowest BCUT2D eigenvalue weighted by atomic mass is 10.2. The van der Waals surface area contributed by atoms with Gasteiger partial charge in [0.25, 0.3) is 5.91 Å². The van der Waals surface area contributed by atoms with E-state index in [0.29, 0.717) is 22.2 Å². The summed E-state index contributed by atoms with van der Waals surface area (Å²) in [6, 6.07) is 12.4. The highest BCUT2D eigenvalue weighted by Gasteiger charge is 2.06. The van der Waals surface area contributed by atoms with Crippen molar-refractivity contribution in [1.82, 2.24) is 0 Å². The second-order valence-corrected chi connectivity index (χ2v) is 4.92. The second kappa shape index (κ2) is 6.99. The van der Waals surface area contributed by atoms with Gasteiger partial charge in [-0.15, -0.1) is 0 Å². The van der Waals surface area contributed by atoms with Crippen molar-refractivity contribution in [2.24, 2.45) is 0 Å².